The molecule has 4 fully saturated rings. The Labute approximate surface area is 522 Å². The number of likely N-dealkylation sites (tertiary alicyclic amines) is 1. The monoisotopic (exact) mass is 1220 g/mol. The third-order valence-electron chi connectivity index (χ3n) is 16.9. The molecule has 6 N–H and O–H groups in total. The van der Waals surface area contributed by atoms with Gasteiger partial charge in [-0.05, 0) is 88.8 Å². The van der Waals surface area contributed by atoms with Crippen molar-refractivity contribution in [2.24, 2.45) is 0 Å². The van der Waals surface area contributed by atoms with Gasteiger partial charge in [0, 0.05) is 141 Å². The van der Waals surface area contributed by atoms with Crippen molar-refractivity contribution < 1.29 is 34.4 Å². The molecule has 0 atom stereocenters. The molecule has 13 rings (SSSR count). The molecule has 0 aliphatic carbocycles. The van der Waals surface area contributed by atoms with Crippen LogP contribution in [0.1, 0.15) is 72.8 Å². The van der Waals surface area contributed by atoms with Gasteiger partial charge in [0.2, 0.25) is 17.8 Å². The lowest BCUT2D eigenvalue weighted by molar-refractivity contribution is 0.0701. The third-order valence-corrected chi connectivity index (χ3v) is 16.9. The van der Waals surface area contributed by atoms with E-state index in [1.54, 1.807) is 16.4 Å². The zero-order chi connectivity index (χ0) is 62.0. The Morgan fingerprint density at radius 1 is 0.389 bits per heavy atom. The maximum absolute atomic E-state index is 11.4. The van der Waals surface area contributed by atoms with Crippen molar-refractivity contribution in [3.8, 4) is 11.3 Å². The van der Waals surface area contributed by atoms with Crippen LogP contribution in [0.5, 0.6) is 0 Å². The highest BCUT2D eigenvalue weighted by molar-refractivity contribution is 5.93. The lowest BCUT2D eigenvalue weighted by Crippen LogP contribution is -2.47. The van der Waals surface area contributed by atoms with Gasteiger partial charge in [0.1, 0.15) is 11.5 Å². The minimum Gasteiger partial charge on any atom is -0.460 e. The average Bonchev–Trinajstić information content (AvgIpc) is 3.07. The molecule has 9 aromatic rings. The van der Waals surface area contributed by atoms with Gasteiger partial charge < -0.3 is 19.1 Å². The summed E-state index contributed by atoms with van der Waals surface area (Å²) in [7, 11) is 0. The standard InChI is InChI=1S/C26H32N6O3.C21H23N5O2.C20H21N5O2/c33-25(29-34)22-16-27-26(28-17-22)32-14-12-31(13-15-32)19-23-8-9-24(35-23)21-6-4-20(5-7-21)18-30-10-2-1-3-11-30;27-20(24-28)19-14-22-21(23-15-19)26-11-9-25(10-12-26)8-7-16-5-6-17-3-1-2-4-18(17)13-16;26-19(23-27)18-12-21-20(22-13-18)25-9-7-24(8-10-25)14-15-5-6-16-3-1-2-4-17(16)11-15/h4-9,16-17,34H,1-3,10-15,18-19H2,(H,29,33);1-6,13-15,28H,7-12H2,(H,24,27);1-6,11-13,27H,7-10,14H2,(H,23,26). The molecule has 3 amide bonds. The minimum absolute atomic E-state index is 0.222. The Morgan fingerprint density at radius 3 is 1.24 bits per heavy atom. The van der Waals surface area contributed by atoms with Crippen LogP contribution >= 0.6 is 0 Å². The number of carbonyl (C=O) groups excluding carboxylic acids is 3. The summed E-state index contributed by atoms with van der Waals surface area (Å²) in [5.74, 6) is 1.84. The second kappa shape index (κ2) is 30.7. The van der Waals surface area contributed by atoms with Crippen molar-refractivity contribution in [3.05, 3.63) is 198 Å². The molecule has 4 aliphatic rings. The summed E-state index contributed by atoms with van der Waals surface area (Å²) in [6.07, 6.45) is 13.6. The molecule has 0 bridgehead atoms. The number of benzene rings is 5. The fraction of sp³-hybridized carbons (Fsp3) is 0.328. The molecule has 0 spiro atoms. The zero-order valence-electron chi connectivity index (χ0n) is 50.4. The quantitative estimate of drug-likeness (QED) is 0.0408. The molecular formula is C67H76N16O7. The molecule has 5 aromatic carbocycles. The van der Waals surface area contributed by atoms with E-state index in [2.05, 4.69) is 186 Å². The number of hydrogen-bond acceptors (Lipinski definition) is 20. The number of piperidine rings is 1. The van der Waals surface area contributed by atoms with Crippen LogP contribution in [0, 0.1) is 0 Å². The Morgan fingerprint density at radius 2 is 0.778 bits per heavy atom. The van der Waals surface area contributed by atoms with E-state index in [0.717, 1.165) is 128 Å². The predicted octanol–water partition coefficient (Wildman–Crippen LogP) is 7.35. The first-order chi connectivity index (χ1) is 44.1. The van der Waals surface area contributed by atoms with Crippen molar-refractivity contribution in [1.29, 1.82) is 0 Å². The second-order valence-corrected chi connectivity index (χ2v) is 22.9. The first-order valence-corrected chi connectivity index (χ1v) is 30.7. The summed E-state index contributed by atoms with van der Waals surface area (Å²) in [5.41, 5.74) is 10.6. The highest BCUT2D eigenvalue weighted by Crippen LogP contribution is 2.26. The fourth-order valence-electron chi connectivity index (χ4n) is 11.6. The normalized spacial score (nSPS) is 16.0. The summed E-state index contributed by atoms with van der Waals surface area (Å²) in [4.78, 5) is 75.7. The molecule has 23 heteroatoms. The van der Waals surface area contributed by atoms with Crippen LogP contribution in [0.25, 0.3) is 32.9 Å². The lowest BCUT2D eigenvalue weighted by atomic mass is 10.0. The van der Waals surface area contributed by atoms with Gasteiger partial charge >= 0.3 is 0 Å². The lowest BCUT2D eigenvalue weighted by Gasteiger charge is -2.34. The van der Waals surface area contributed by atoms with Crippen LogP contribution in [0.4, 0.5) is 17.8 Å². The minimum atomic E-state index is -0.618. The number of anilines is 3. The number of rotatable bonds is 16. The van der Waals surface area contributed by atoms with E-state index in [0.29, 0.717) is 17.8 Å². The topological polar surface area (TPSA) is 261 Å². The molecule has 4 aromatic heterocycles. The number of carbonyl (C=O) groups is 3. The maximum Gasteiger partial charge on any atom is 0.277 e. The van der Waals surface area contributed by atoms with Gasteiger partial charge in [-0.25, -0.2) is 46.3 Å². The van der Waals surface area contributed by atoms with Crippen molar-refractivity contribution >= 4 is 57.1 Å². The first kappa shape index (κ1) is 62.3. The number of nitrogens with one attached hydrogen (secondary N) is 3. The number of hydrogen-bond donors (Lipinski definition) is 6. The molecule has 0 radical (unpaired) electrons. The summed E-state index contributed by atoms with van der Waals surface area (Å²) in [6.45, 7) is 16.6. The van der Waals surface area contributed by atoms with E-state index in [1.807, 2.05) is 0 Å². The zero-order valence-corrected chi connectivity index (χ0v) is 50.4. The smallest absolute Gasteiger partial charge is 0.277 e. The van der Waals surface area contributed by atoms with E-state index in [4.69, 9.17) is 20.0 Å². The molecule has 23 nitrogen and oxygen atoms in total. The number of fused-ring (bicyclic) bond motifs is 2. The van der Waals surface area contributed by atoms with Crippen molar-refractivity contribution in [3.63, 3.8) is 0 Å². The second-order valence-electron chi connectivity index (χ2n) is 22.9. The largest absolute Gasteiger partial charge is 0.460 e. The van der Waals surface area contributed by atoms with Gasteiger partial charge in [-0.3, -0.25) is 49.6 Å². The Balaban J connectivity index is 0.000000140. The van der Waals surface area contributed by atoms with Crippen molar-refractivity contribution in [1.82, 2.24) is 65.9 Å². The number of piperazine rings is 3. The maximum atomic E-state index is 11.4. The highest BCUT2D eigenvalue weighted by atomic mass is 16.5. The third kappa shape index (κ3) is 16.7. The SMILES string of the molecule is O=C(NO)c1cnc(N2CCN(CCc3ccc4ccccc4c3)CC2)nc1.O=C(NO)c1cnc(N2CCN(Cc3ccc(-c4ccc(CN5CCCCC5)cc4)o3)CC2)nc1.O=C(NO)c1cnc(N2CCN(Cc3ccc4ccccc4c3)CC2)nc1. The number of hydroxylamine groups is 3. The van der Waals surface area contributed by atoms with Crippen molar-refractivity contribution in [2.45, 2.75) is 45.3 Å². The van der Waals surface area contributed by atoms with Crippen LogP contribution in [0.3, 0.4) is 0 Å². The molecule has 90 heavy (non-hydrogen) atoms. The molecule has 0 unspecified atom stereocenters. The van der Waals surface area contributed by atoms with Gasteiger partial charge in [0.05, 0.1) is 23.2 Å². The van der Waals surface area contributed by atoms with E-state index in [-0.39, 0.29) is 16.7 Å². The molecule has 466 valence electrons. The molecule has 4 saturated heterocycles. The van der Waals surface area contributed by atoms with E-state index in [9.17, 15) is 14.4 Å². The fourth-order valence-corrected chi connectivity index (χ4v) is 11.6. The summed E-state index contributed by atoms with van der Waals surface area (Å²) >= 11 is 0. The Kier molecular flexibility index (Phi) is 21.3. The number of aromatic nitrogens is 6. The van der Waals surface area contributed by atoms with Crippen LogP contribution in [-0.2, 0) is 26.1 Å². The van der Waals surface area contributed by atoms with Crippen LogP contribution in [0.2, 0.25) is 0 Å². The first-order valence-electron chi connectivity index (χ1n) is 30.7. The van der Waals surface area contributed by atoms with Gasteiger partial charge in [0.15, 0.2) is 0 Å². The summed E-state index contributed by atoms with van der Waals surface area (Å²) in [5, 5.41) is 31.1. The van der Waals surface area contributed by atoms with E-state index >= 15 is 0 Å². The number of furan rings is 1. The van der Waals surface area contributed by atoms with Crippen LogP contribution < -0.4 is 31.1 Å². The van der Waals surface area contributed by atoms with Crippen molar-refractivity contribution in [2.75, 3.05) is 113 Å². The molecule has 4 aliphatic heterocycles. The molecule has 0 saturated carbocycles. The molecular weight excluding hydrogens is 1140 g/mol. The average molecular weight is 1220 g/mol. The number of amides is 3. The Bertz CT molecular complexity index is 3770. The van der Waals surface area contributed by atoms with Crippen LogP contribution in [0.15, 0.2) is 163 Å². The van der Waals surface area contributed by atoms with E-state index in [1.165, 1.54) is 108 Å². The summed E-state index contributed by atoms with van der Waals surface area (Å²) in [6, 6.07) is 43.1. The van der Waals surface area contributed by atoms with E-state index < -0.39 is 17.7 Å². The van der Waals surface area contributed by atoms with Gasteiger partial charge in [-0.15, -0.1) is 0 Å². The van der Waals surface area contributed by atoms with Gasteiger partial charge in [-0.1, -0.05) is 110 Å². The van der Waals surface area contributed by atoms with Crippen LogP contribution in [-0.4, -0.2) is 181 Å². The molecule has 8 heterocycles. The number of nitrogens with zero attached hydrogens (tertiary/aromatic N) is 13. The summed E-state index contributed by atoms with van der Waals surface area (Å²) < 4.78 is 6.17. The highest BCUT2D eigenvalue weighted by Gasteiger charge is 2.24. The van der Waals surface area contributed by atoms with Gasteiger partial charge in [0.25, 0.3) is 17.7 Å². The Hall–Kier alpha value is -9.33. The van der Waals surface area contributed by atoms with Gasteiger partial charge in [-0.2, -0.15) is 0 Å². The predicted molar refractivity (Wildman–Crippen MR) is 342 cm³/mol.